The molecule has 132 valence electrons. The zero-order valence-corrected chi connectivity index (χ0v) is 15.0. The molecule has 0 saturated carbocycles. The molecule has 6 heteroatoms. The van der Waals surface area contributed by atoms with E-state index in [9.17, 15) is 4.79 Å². The molecule has 1 aliphatic heterocycles. The Balaban J connectivity index is 1.63. The molecule has 2 heterocycles. The first-order chi connectivity index (χ1) is 12.6. The van der Waals surface area contributed by atoms with Crippen molar-refractivity contribution < 1.29 is 4.79 Å². The fraction of sp³-hybridized carbons (Fsp3) is 0.250. The maximum absolute atomic E-state index is 13.0. The van der Waals surface area contributed by atoms with Crippen LogP contribution in [0.4, 0.5) is 5.69 Å². The van der Waals surface area contributed by atoms with Crippen molar-refractivity contribution in [3.05, 3.63) is 71.8 Å². The number of fused-ring (bicyclic) bond motifs is 1. The number of aromatic nitrogens is 3. The minimum absolute atomic E-state index is 0.132. The molecule has 2 aromatic carbocycles. The van der Waals surface area contributed by atoms with Gasteiger partial charge in [-0.1, -0.05) is 36.4 Å². The molecule has 3 aromatic rings. The van der Waals surface area contributed by atoms with Crippen LogP contribution in [0.2, 0.25) is 0 Å². The molecule has 6 nitrogen and oxygen atoms in total. The van der Waals surface area contributed by atoms with E-state index in [1.54, 1.807) is 4.68 Å². The third kappa shape index (κ3) is 2.94. The van der Waals surface area contributed by atoms with Crippen LogP contribution in [-0.2, 0) is 6.54 Å². The second-order valence-corrected chi connectivity index (χ2v) is 6.51. The Bertz CT molecular complexity index is 934. The summed E-state index contributed by atoms with van der Waals surface area (Å²) in [7, 11) is 2.05. The van der Waals surface area contributed by atoms with E-state index in [0.29, 0.717) is 18.9 Å². The number of carbonyl (C=O) groups is 1. The van der Waals surface area contributed by atoms with Crippen LogP contribution in [0.5, 0.6) is 0 Å². The molecule has 26 heavy (non-hydrogen) atoms. The Morgan fingerprint density at radius 1 is 1.00 bits per heavy atom. The second kappa shape index (κ2) is 6.63. The number of aryl methyl sites for hydroxylation is 1. The van der Waals surface area contributed by atoms with Crippen molar-refractivity contribution in [2.24, 2.45) is 0 Å². The first-order valence-corrected chi connectivity index (χ1v) is 8.71. The van der Waals surface area contributed by atoms with Crippen molar-refractivity contribution in [1.29, 1.82) is 0 Å². The van der Waals surface area contributed by atoms with Crippen LogP contribution in [0, 0.1) is 6.92 Å². The van der Waals surface area contributed by atoms with Crippen LogP contribution >= 0.6 is 0 Å². The van der Waals surface area contributed by atoms with Crippen LogP contribution in [0.3, 0.4) is 0 Å². The van der Waals surface area contributed by atoms with Crippen molar-refractivity contribution in [2.45, 2.75) is 13.5 Å². The molecule has 0 atom stereocenters. The number of carbonyl (C=O) groups excluding carboxylic acids is 1. The molecule has 0 fully saturated rings. The van der Waals surface area contributed by atoms with Crippen molar-refractivity contribution >= 4 is 11.6 Å². The lowest BCUT2D eigenvalue weighted by Crippen LogP contribution is -2.35. The average Bonchev–Trinajstić information content (AvgIpc) is 2.98. The van der Waals surface area contributed by atoms with Crippen molar-refractivity contribution in [2.75, 3.05) is 25.0 Å². The summed E-state index contributed by atoms with van der Waals surface area (Å²) in [4.78, 5) is 21.5. The molecular weight excluding hydrogens is 326 g/mol. The number of para-hydroxylation sites is 2. The summed E-state index contributed by atoms with van der Waals surface area (Å²) in [5, 5.41) is 4.46. The summed E-state index contributed by atoms with van der Waals surface area (Å²) in [5.41, 5.74) is 3.21. The molecular formula is C20H21N5O. The first-order valence-electron chi connectivity index (χ1n) is 8.71. The van der Waals surface area contributed by atoms with Gasteiger partial charge in [0.15, 0.2) is 0 Å². The largest absolute Gasteiger partial charge is 0.373 e. The summed E-state index contributed by atoms with van der Waals surface area (Å²) >= 11 is 0. The lowest BCUT2D eigenvalue weighted by atomic mass is 10.1. The molecule has 0 unspecified atom stereocenters. The maximum Gasteiger partial charge on any atom is 0.293 e. The number of likely N-dealkylation sites (N-methyl/N-ethyl adjacent to an activating group) is 1. The zero-order valence-electron chi connectivity index (χ0n) is 15.0. The quantitative estimate of drug-likeness (QED) is 0.715. The van der Waals surface area contributed by atoms with Crippen molar-refractivity contribution in [1.82, 2.24) is 19.7 Å². The van der Waals surface area contributed by atoms with E-state index in [-0.39, 0.29) is 11.7 Å². The Morgan fingerprint density at radius 2 is 1.73 bits per heavy atom. The molecule has 0 N–H and O–H groups in total. The van der Waals surface area contributed by atoms with E-state index < -0.39 is 0 Å². The van der Waals surface area contributed by atoms with Gasteiger partial charge in [-0.25, -0.2) is 9.67 Å². The molecule has 1 amide bonds. The normalized spacial score (nSPS) is 14.1. The lowest BCUT2D eigenvalue weighted by Gasteiger charge is -2.19. The van der Waals surface area contributed by atoms with Gasteiger partial charge in [-0.15, -0.1) is 5.10 Å². The van der Waals surface area contributed by atoms with Crippen LogP contribution in [-0.4, -0.2) is 45.7 Å². The van der Waals surface area contributed by atoms with Gasteiger partial charge in [-0.05, 0) is 30.7 Å². The van der Waals surface area contributed by atoms with Gasteiger partial charge >= 0.3 is 0 Å². The Labute approximate surface area is 152 Å². The van der Waals surface area contributed by atoms with Crippen LogP contribution in [0.25, 0.3) is 5.69 Å². The first kappa shape index (κ1) is 16.3. The second-order valence-electron chi connectivity index (χ2n) is 6.51. The molecule has 0 bridgehead atoms. The van der Waals surface area contributed by atoms with Crippen LogP contribution in [0.1, 0.15) is 22.0 Å². The highest BCUT2D eigenvalue weighted by molar-refractivity contribution is 5.90. The highest BCUT2D eigenvalue weighted by atomic mass is 16.2. The minimum Gasteiger partial charge on any atom is -0.373 e. The summed E-state index contributed by atoms with van der Waals surface area (Å²) < 4.78 is 1.71. The predicted molar refractivity (Wildman–Crippen MR) is 101 cm³/mol. The molecule has 4 rings (SSSR count). The molecule has 0 saturated heterocycles. The maximum atomic E-state index is 13.0. The highest BCUT2D eigenvalue weighted by Crippen LogP contribution is 2.24. The van der Waals surface area contributed by atoms with Gasteiger partial charge in [0.2, 0.25) is 5.82 Å². The summed E-state index contributed by atoms with van der Waals surface area (Å²) in [6.07, 6.45) is 0. The monoisotopic (exact) mass is 347 g/mol. The molecule has 1 aliphatic rings. The van der Waals surface area contributed by atoms with Crippen LogP contribution in [0.15, 0.2) is 54.6 Å². The predicted octanol–water partition coefficient (Wildman–Crippen LogP) is 2.67. The van der Waals surface area contributed by atoms with Gasteiger partial charge in [0.05, 0.1) is 5.69 Å². The van der Waals surface area contributed by atoms with E-state index in [4.69, 9.17) is 0 Å². The molecule has 0 spiro atoms. The van der Waals surface area contributed by atoms with Gasteiger partial charge in [0, 0.05) is 32.4 Å². The average molecular weight is 347 g/mol. The topological polar surface area (TPSA) is 54.3 Å². The fourth-order valence-electron chi connectivity index (χ4n) is 3.30. The van der Waals surface area contributed by atoms with Gasteiger partial charge in [-0.2, -0.15) is 0 Å². The summed E-state index contributed by atoms with van der Waals surface area (Å²) in [6, 6.07) is 17.9. The number of hydrogen-bond donors (Lipinski definition) is 0. The van der Waals surface area contributed by atoms with Gasteiger partial charge in [0.1, 0.15) is 5.82 Å². The van der Waals surface area contributed by atoms with Crippen molar-refractivity contribution in [3.63, 3.8) is 0 Å². The minimum atomic E-state index is -0.132. The van der Waals surface area contributed by atoms with Crippen molar-refractivity contribution in [3.8, 4) is 5.69 Å². The molecule has 0 aliphatic carbocycles. The number of hydrogen-bond acceptors (Lipinski definition) is 4. The summed E-state index contributed by atoms with van der Waals surface area (Å²) in [6.45, 7) is 3.85. The van der Waals surface area contributed by atoms with E-state index in [1.165, 1.54) is 5.69 Å². The Kier molecular flexibility index (Phi) is 4.16. The Morgan fingerprint density at radius 3 is 2.54 bits per heavy atom. The molecule has 1 aromatic heterocycles. The third-order valence-corrected chi connectivity index (χ3v) is 4.72. The third-order valence-electron chi connectivity index (χ3n) is 4.72. The smallest absolute Gasteiger partial charge is 0.293 e. The van der Waals surface area contributed by atoms with E-state index in [1.807, 2.05) is 54.3 Å². The summed E-state index contributed by atoms with van der Waals surface area (Å²) in [5.74, 6) is 0.813. The van der Waals surface area contributed by atoms with E-state index >= 15 is 0 Å². The number of amides is 1. The Hall–Kier alpha value is -3.15. The lowest BCUT2D eigenvalue weighted by molar-refractivity contribution is 0.0739. The van der Waals surface area contributed by atoms with E-state index in [2.05, 4.69) is 34.2 Å². The fourth-order valence-corrected chi connectivity index (χ4v) is 3.30. The standard InChI is InChI=1S/C20H21N5O/c1-15-21-19(22-25(15)17-9-4-3-5-10-17)20(26)24-13-12-23(2)18-11-7-6-8-16(18)14-24/h3-11H,12-14H2,1-2H3. The van der Waals surface area contributed by atoms with Gasteiger partial charge in [-0.3, -0.25) is 4.79 Å². The SMILES string of the molecule is Cc1nc(C(=O)N2CCN(C)c3ccccc3C2)nn1-c1ccccc1. The van der Waals surface area contributed by atoms with Gasteiger partial charge in [0.25, 0.3) is 5.91 Å². The zero-order chi connectivity index (χ0) is 18.1. The van der Waals surface area contributed by atoms with Gasteiger partial charge < -0.3 is 9.80 Å². The van der Waals surface area contributed by atoms with Crippen LogP contribution < -0.4 is 4.90 Å². The number of nitrogens with zero attached hydrogens (tertiary/aromatic N) is 5. The number of rotatable bonds is 2. The molecule has 0 radical (unpaired) electrons. The van der Waals surface area contributed by atoms with E-state index in [0.717, 1.165) is 17.8 Å². The highest BCUT2D eigenvalue weighted by Gasteiger charge is 2.25. The number of benzene rings is 2. The number of anilines is 1.